The fourth-order valence-electron chi connectivity index (χ4n) is 3.82. The normalized spacial score (nSPS) is 14.5. The van der Waals surface area contributed by atoms with Gasteiger partial charge in [0.2, 0.25) is 11.8 Å². The molecule has 178 valence electrons. The Morgan fingerprint density at radius 3 is 2.46 bits per heavy atom. The van der Waals surface area contributed by atoms with E-state index >= 15 is 0 Å². The highest BCUT2D eigenvalue weighted by Gasteiger charge is 2.38. The molecule has 1 atom stereocenters. The zero-order valence-electron chi connectivity index (χ0n) is 18.8. The number of nitro groups is 1. The van der Waals surface area contributed by atoms with Gasteiger partial charge < -0.3 is 15.4 Å². The molecule has 0 aliphatic carbocycles. The summed E-state index contributed by atoms with van der Waals surface area (Å²) in [6.07, 6.45) is -0.320. The Labute approximate surface area is 200 Å². The van der Waals surface area contributed by atoms with E-state index in [4.69, 9.17) is 4.74 Å². The van der Waals surface area contributed by atoms with E-state index in [0.717, 1.165) is 0 Å². The summed E-state index contributed by atoms with van der Waals surface area (Å²) in [5, 5.41) is 16.5. The lowest BCUT2D eigenvalue weighted by atomic mass is 10.0. The van der Waals surface area contributed by atoms with Gasteiger partial charge in [-0.25, -0.2) is 0 Å². The Balaban J connectivity index is 1.64. The van der Waals surface area contributed by atoms with E-state index in [1.807, 2.05) is 6.92 Å². The van der Waals surface area contributed by atoms with Crippen molar-refractivity contribution >= 4 is 40.5 Å². The van der Waals surface area contributed by atoms with Crippen molar-refractivity contribution in [1.29, 1.82) is 0 Å². The molecular formula is C25H22N4O6. The molecule has 0 radical (unpaired) electrons. The Hall–Kier alpha value is -4.73. The zero-order valence-corrected chi connectivity index (χ0v) is 18.8. The van der Waals surface area contributed by atoms with Crippen LogP contribution in [-0.4, -0.2) is 35.3 Å². The van der Waals surface area contributed by atoms with E-state index in [1.54, 1.807) is 48.5 Å². The van der Waals surface area contributed by atoms with Crippen LogP contribution in [0.25, 0.3) is 0 Å². The molecule has 0 saturated heterocycles. The average molecular weight is 474 g/mol. The molecule has 2 N–H and O–H groups in total. The fraction of sp³-hybridized carbons (Fsp3) is 0.160. The van der Waals surface area contributed by atoms with Crippen LogP contribution in [0.4, 0.5) is 22.7 Å². The predicted octanol–water partition coefficient (Wildman–Crippen LogP) is 3.99. The highest BCUT2D eigenvalue weighted by atomic mass is 16.6. The highest BCUT2D eigenvalue weighted by Crippen LogP contribution is 2.34. The van der Waals surface area contributed by atoms with E-state index in [1.165, 1.54) is 29.2 Å². The van der Waals surface area contributed by atoms with Gasteiger partial charge in [-0.2, -0.15) is 0 Å². The van der Waals surface area contributed by atoms with Gasteiger partial charge in [-0.1, -0.05) is 24.3 Å². The van der Waals surface area contributed by atoms with Crippen LogP contribution >= 0.6 is 0 Å². The molecule has 1 aliphatic rings. The van der Waals surface area contributed by atoms with Crippen LogP contribution in [0.15, 0.2) is 72.8 Å². The first-order chi connectivity index (χ1) is 16.9. The summed E-state index contributed by atoms with van der Waals surface area (Å²) in [7, 11) is 0. The van der Waals surface area contributed by atoms with Crippen LogP contribution < -0.4 is 20.3 Å². The summed E-state index contributed by atoms with van der Waals surface area (Å²) in [5.74, 6) is -1.08. The number of nitrogens with zero attached hydrogens (tertiary/aromatic N) is 2. The zero-order chi connectivity index (χ0) is 24.9. The average Bonchev–Trinajstić information content (AvgIpc) is 2.85. The molecule has 0 fully saturated rings. The molecule has 0 saturated carbocycles. The fourth-order valence-corrected chi connectivity index (χ4v) is 3.82. The summed E-state index contributed by atoms with van der Waals surface area (Å²) < 4.78 is 5.53. The van der Waals surface area contributed by atoms with Crippen molar-refractivity contribution in [3.63, 3.8) is 0 Å². The standard InChI is InChI=1S/C25H22N4O6/c1-2-35-22-10-6-4-8-19(22)26-23(30)15-21-24(31)27-18-7-3-5-9-20(18)28(21)25(32)16-11-13-17(14-12-16)29(33)34/h3-14,21H,2,15H2,1H3,(H,26,30)(H,27,31)/t21-/m1/s1. The van der Waals surface area contributed by atoms with Crippen LogP contribution in [0.3, 0.4) is 0 Å². The Morgan fingerprint density at radius 1 is 1.06 bits per heavy atom. The second kappa shape index (κ2) is 10.0. The number of hydrogen-bond donors (Lipinski definition) is 2. The number of benzene rings is 3. The minimum absolute atomic E-state index is 0.146. The van der Waals surface area contributed by atoms with E-state index < -0.39 is 28.7 Å². The molecule has 3 amide bonds. The van der Waals surface area contributed by atoms with E-state index in [9.17, 15) is 24.5 Å². The third-order valence-corrected chi connectivity index (χ3v) is 5.42. The number of rotatable bonds is 7. The minimum Gasteiger partial charge on any atom is -0.492 e. The Kier molecular flexibility index (Phi) is 6.72. The smallest absolute Gasteiger partial charge is 0.269 e. The Morgan fingerprint density at radius 2 is 1.74 bits per heavy atom. The second-order valence-electron chi connectivity index (χ2n) is 7.68. The third kappa shape index (κ3) is 4.96. The van der Waals surface area contributed by atoms with Crippen molar-refractivity contribution < 1.29 is 24.0 Å². The number of amides is 3. The van der Waals surface area contributed by atoms with Crippen molar-refractivity contribution in [3.8, 4) is 5.75 Å². The molecule has 0 unspecified atom stereocenters. The van der Waals surface area contributed by atoms with Crippen LogP contribution in [0, 0.1) is 10.1 Å². The van der Waals surface area contributed by atoms with Gasteiger partial charge in [0.05, 0.1) is 35.0 Å². The summed E-state index contributed by atoms with van der Waals surface area (Å²) >= 11 is 0. The molecule has 0 aromatic heterocycles. The van der Waals surface area contributed by atoms with Gasteiger partial charge in [0.1, 0.15) is 11.8 Å². The number of para-hydroxylation sites is 4. The maximum atomic E-state index is 13.5. The van der Waals surface area contributed by atoms with Gasteiger partial charge in [-0.05, 0) is 43.3 Å². The van der Waals surface area contributed by atoms with Crippen molar-refractivity contribution in [2.75, 3.05) is 22.1 Å². The van der Waals surface area contributed by atoms with Crippen molar-refractivity contribution in [3.05, 3.63) is 88.5 Å². The van der Waals surface area contributed by atoms with E-state index in [2.05, 4.69) is 10.6 Å². The number of nitrogens with one attached hydrogen (secondary N) is 2. The molecule has 4 rings (SSSR count). The summed E-state index contributed by atoms with van der Waals surface area (Å²) in [5.41, 5.74) is 1.27. The number of nitro benzene ring substituents is 1. The van der Waals surface area contributed by atoms with E-state index in [-0.39, 0.29) is 17.7 Å². The van der Waals surface area contributed by atoms with Gasteiger partial charge in [-0.15, -0.1) is 0 Å². The number of hydrogen-bond acceptors (Lipinski definition) is 6. The Bertz CT molecular complexity index is 1290. The maximum Gasteiger partial charge on any atom is 0.269 e. The molecule has 35 heavy (non-hydrogen) atoms. The van der Waals surface area contributed by atoms with Crippen LogP contribution in [0.1, 0.15) is 23.7 Å². The molecule has 1 heterocycles. The summed E-state index contributed by atoms with van der Waals surface area (Å²) in [4.78, 5) is 51.1. The summed E-state index contributed by atoms with van der Waals surface area (Å²) in [6, 6.07) is 17.6. The van der Waals surface area contributed by atoms with Crippen molar-refractivity contribution in [2.45, 2.75) is 19.4 Å². The summed E-state index contributed by atoms with van der Waals surface area (Å²) in [6.45, 7) is 2.23. The third-order valence-electron chi connectivity index (χ3n) is 5.42. The lowest BCUT2D eigenvalue weighted by molar-refractivity contribution is -0.384. The lowest BCUT2D eigenvalue weighted by Crippen LogP contribution is -2.52. The molecular weight excluding hydrogens is 452 g/mol. The van der Waals surface area contributed by atoms with Gasteiger partial charge in [0, 0.05) is 17.7 Å². The number of anilines is 3. The lowest BCUT2D eigenvalue weighted by Gasteiger charge is -2.36. The largest absolute Gasteiger partial charge is 0.492 e. The minimum atomic E-state index is -1.15. The van der Waals surface area contributed by atoms with Gasteiger partial charge in [0.25, 0.3) is 11.6 Å². The number of ether oxygens (including phenoxy) is 1. The van der Waals surface area contributed by atoms with E-state index in [0.29, 0.717) is 29.4 Å². The number of carbonyl (C=O) groups excluding carboxylic acids is 3. The number of non-ortho nitro benzene ring substituents is 1. The van der Waals surface area contributed by atoms with Crippen molar-refractivity contribution in [1.82, 2.24) is 0 Å². The quantitative estimate of drug-likeness (QED) is 0.393. The SMILES string of the molecule is CCOc1ccccc1NC(=O)C[C@@H]1C(=O)Nc2ccccc2N1C(=O)c1ccc([N+](=O)[O-])cc1. The molecule has 3 aromatic carbocycles. The molecule has 0 spiro atoms. The number of fused-ring (bicyclic) bond motifs is 1. The van der Waals surface area contributed by atoms with Crippen molar-refractivity contribution in [2.24, 2.45) is 0 Å². The first kappa shape index (κ1) is 23.4. The predicted molar refractivity (Wildman–Crippen MR) is 130 cm³/mol. The molecule has 3 aromatic rings. The molecule has 10 nitrogen and oxygen atoms in total. The monoisotopic (exact) mass is 474 g/mol. The first-order valence-electron chi connectivity index (χ1n) is 10.9. The topological polar surface area (TPSA) is 131 Å². The molecule has 1 aliphatic heterocycles. The number of carbonyl (C=O) groups is 3. The maximum absolute atomic E-state index is 13.5. The first-order valence-corrected chi connectivity index (χ1v) is 10.9. The van der Waals surface area contributed by atoms with Crippen LogP contribution in [0.2, 0.25) is 0 Å². The second-order valence-corrected chi connectivity index (χ2v) is 7.68. The van der Waals surface area contributed by atoms with Gasteiger partial charge in [0.15, 0.2) is 0 Å². The molecule has 0 bridgehead atoms. The molecule has 10 heteroatoms. The highest BCUT2D eigenvalue weighted by molar-refractivity contribution is 6.17. The van der Waals surface area contributed by atoms with Crippen LogP contribution in [0.5, 0.6) is 5.75 Å². The van der Waals surface area contributed by atoms with Gasteiger partial charge in [-0.3, -0.25) is 29.4 Å². The van der Waals surface area contributed by atoms with Crippen LogP contribution in [-0.2, 0) is 9.59 Å². The van der Waals surface area contributed by atoms with Gasteiger partial charge >= 0.3 is 0 Å².